The molecule has 0 spiro atoms. The maximum atomic E-state index is 12.4. The summed E-state index contributed by atoms with van der Waals surface area (Å²) in [5.41, 5.74) is 3.49. The number of hydrogen-bond donors (Lipinski definition) is 2. The number of anilines is 3. The van der Waals surface area contributed by atoms with Crippen molar-refractivity contribution in [1.29, 1.82) is 0 Å². The maximum Gasteiger partial charge on any atom is 0.257 e. The molecule has 144 valence electrons. The number of hydrogen-bond acceptors (Lipinski definition) is 5. The van der Waals surface area contributed by atoms with Gasteiger partial charge in [0.05, 0.1) is 5.56 Å². The van der Waals surface area contributed by atoms with Gasteiger partial charge in [-0.3, -0.25) is 9.78 Å². The van der Waals surface area contributed by atoms with E-state index in [-0.39, 0.29) is 5.91 Å². The molecular formula is C22H25N5O. The monoisotopic (exact) mass is 375 g/mol. The summed E-state index contributed by atoms with van der Waals surface area (Å²) < 4.78 is 0. The minimum Gasteiger partial charge on any atom is -0.372 e. The molecule has 0 saturated carbocycles. The van der Waals surface area contributed by atoms with E-state index >= 15 is 0 Å². The van der Waals surface area contributed by atoms with E-state index in [4.69, 9.17) is 0 Å². The normalized spacial score (nSPS) is 10.4. The first-order valence-electron chi connectivity index (χ1n) is 9.44. The molecule has 0 aliphatic rings. The van der Waals surface area contributed by atoms with Crippen molar-refractivity contribution in [2.75, 3.05) is 28.6 Å². The minimum atomic E-state index is -0.179. The third-order valence-electron chi connectivity index (χ3n) is 4.48. The summed E-state index contributed by atoms with van der Waals surface area (Å²) in [5.74, 6) is 0.533. The van der Waals surface area contributed by atoms with E-state index in [1.807, 2.05) is 36.4 Å². The second kappa shape index (κ2) is 9.50. The molecule has 0 unspecified atom stereocenters. The van der Waals surface area contributed by atoms with Crippen LogP contribution in [-0.2, 0) is 6.54 Å². The fraction of sp³-hybridized carbons (Fsp3) is 0.227. The van der Waals surface area contributed by atoms with Crippen LogP contribution in [0.2, 0.25) is 0 Å². The van der Waals surface area contributed by atoms with Crippen LogP contribution in [0.3, 0.4) is 0 Å². The largest absolute Gasteiger partial charge is 0.372 e. The summed E-state index contributed by atoms with van der Waals surface area (Å²) in [7, 11) is 0. The Morgan fingerprint density at radius 1 is 1.00 bits per heavy atom. The summed E-state index contributed by atoms with van der Waals surface area (Å²) in [6, 6.07) is 15.3. The van der Waals surface area contributed by atoms with Crippen molar-refractivity contribution in [3.63, 3.8) is 0 Å². The Hall–Kier alpha value is -3.41. The number of amides is 1. The second-order valence-electron chi connectivity index (χ2n) is 6.32. The Morgan fingerprint density at radius 2 is 1.79 bits per heavy atom. The molecule has 2 aromatic heterocycles. The molecule has 0 saturated heterocycles. The van der Waals surface area contributed by atoms with Crippen molar-refractivity contribution in [3.8, 4) is 0 Å². The predicted molar refractivity (Wildman–Crippen MR) is 114 cm³/mol. The number of pyridine rings is 2. The van der Waals surface area contributed by atoms with Gasteiger partial charge in [0, 0.05) is 49.6 Å². The van der Waals surface area contributed by atoms with Crippen LogP contribution in [0.15, 0.2) is 67.1 Å². The van der Waals surface area contributed by atoms with Crippen LogP contribution in [0, 0.1) is 0 Å². The summed E-state index contributed by atoms with van der Waals surface area (Å²) in [4.78, 5) is 23.1. The van der Waals surface area contributed by atoms with Gasteiger partial charge in [-0.15, -0.1) is 0 Å². The van der Waals surface area contributed by atoms with E-state index in [1.165, 1.54) is 0 Å². The number of carbonyl (C=O) groups excluding carboxylic acids is 1. The standard InChI is InChI=1S/C22H25N5O/c1-3-27(4-2)20-10-8-19(9-11-20)26-22(28)18-7-12-21(25-16-18)24-15-17-6-5-13-23-14-17/h5-14,16H,3-4,15H2,1-2H3,(H,24,25)(H,26,28). The van der Waals surface area contributed by atoms with E-state index < -0.39 is 0 Å². The third-order valence-corrected chi connectivity index (χ3v) is 4.48. The Labute approximate surface area is 165 Å². The van der Waals surface area contributed by atoms with Gasteiger partial charge >= 0.3 is 0 Å². The summed E-state index contributed by atoms with van der Waals surface area (Å²) in [6.07, 6.45) is 5.12. The van der Waals surface area contributed by atoms with Crippen LogP contribution in [0.5, 0.6) is 0 Å². The van der Waals surface area contributed by atoms with Gasteiger partial charge in [0.15, 0.2) is 0 Å². The minimum absolute atomic E-state index is 0.179. The molecule has 3 rings (SSSR count). The van der Waals surface area contributed by atoms with Crippen LogP contribution in [0.25, 0.3) is 0 Å². The Balaban J connectivity index is 1.57. The molecule has 1 aromatic carbocycles. The molecule has 6 heteroatoms. The van der Waals surface area contributed by atoms with Crippen molar-refractivity contribution in [3.05, 3.63) is 78.2 Å². The summed E-state index contributed by atoms with van der Waals surface area (Å²) in [5, 5.41) is 6.13. The number of benzene rings is 1. The summed E-state index contributed by atoms with van der Waals surface area (Å²) >= 11 is 0. The lowest BCUT2D eigenvalue weighted by molar-refractivity contribution is 0.102. The van der Waals surface area contributed by atoms with Crippen LogP contribution < -0.4 is 15.5 Å². The number of nitrogens with one attached hydrogen (secondary N) is 2. The molecule has 2 N–H and O–H groups in total. The zero-order chi connectivity index (χ0) is 19.8. The zero-order valence-electron chi connectivity index (χ0n) is 16.2. The number of rotatable bonds is 8. The van der Waals surface area contributed by atoms with E-state index in [9.17, 15) is 4.79 Å². The van der Waals surface area contributed by atoms with E-state index in [1.54, 1.807) is 30.7 Å². The Morgan fingerprint density at radius 3 is 2.39 bits per heavy atom. The first-order chi connectivity index (χ1) is 13.7. The highest BCUT2D eigenvalue weighted by molar-refractivity contribution is 6.04. The van der Waals surface area contributed by atoms with Gasteiger partial charge in [-0.2, -0.15) is 0 Å². The van der Waals surface area contributed by atoms with Crippen molar-refractivity contribution < 1.29 is 4.79 Å². The molecule has 0 fully saturated rings. The highest BCUT2D eigenvalue weighted by Gasteiger charge is 2.08. The van der Waals surface area contributed by atoms with Gasteiger partial charge in [0.2, 0.25) is 0 Å². The van der Waals surface area contributed by atoms with Gasteiger partial charge in [-0.1, -0.05) is 6.07 Å². The molecular weight excluding hydrogens is 350 g/mol. The lowest BCUT2D eigenvalue weighted by Crippen LogP contribution is -2.21. The number of aromatic nitrogens is 2. The molecule has 2 heterocycles. The smallest absolute Gasteiger partial charge is 0.257 e. The van der Waals surface area contributed by atoms with Gasteiger partial charge in [0.1, 0.15) is 5.82 Å². The lowest BCUT2D eigenvalue weighted by Gasteiger charge is -2.21. The van der Waals surface area contributed by atoms with Gasteiger partial charge in [0.25, 0.3) is 5.91 Å². The van der Waals surface area contributed by atoms with Crippen LogP contribution in [-0.4, -0.2) is 29.0 Å². The number of nitrogens with zero attached hydrogens (tertiary/aromatic N) is 3. The van der Waals surface area contributed by atoms with Crippen molar-refractivity contribution >= 4 is 23.1 Å². The average molecular weight is 375 g/mol. The Kier molecular flexibility index (Phi) is 6.57. The van der Waals surface area contributed by atoms with E-state index in [0.717, 1.165) is 30.0 Å². The quantitative estimate of drug-likeness (QED) is 0.618. The molecule has 1 amide bonds. The van der Waals surface area contributed by atoms with Gasteiger partial charge in [-0.05, 0) is 61.9 Å². The first-order valence-corrected chi connectivity index (χ1v) is 9.44. The fourth-order valence-electron chi connectivity index (χ4n) is 2.88. The molecule has 0 radical (unpaired) electrons. The molecule has 6 nitrogen and oxygen atoms in total. The van der Waals surface area contributed by atoms with E-state index in [2.05, 4.69) is 39.3 Å². The predicted octanol–water partition coefficient (Wildman–Crippen LogP) is 4.19. The molecule has 0 atom stereocenters. The highest BCUT2D eigenvalue weighted by atomic mass is 16.1. The zero-order valence-corrected chi connectivity index (χ0v) is 16.2. The first kappa shape index (κ1) is 19.4. The second-order valence-corrected chi connectivity index (χ2v) is 6.32. The van der Waals surface area contributed by atoms with Crippen molar-refractivity contribution in [2.24, 2.45) is 0 Å². The Bertz CT molecular complexity index is 875. The van der Waals surface area contributed by atoms with Crippen LogP contribution in [0.4, 0.5) is 17.2 Å². The molecule has 0 aliphatic carbocycles. The lowest BCUT2D eigenvalue weighted by atomic mass is 10.2. The third kappa shape index (κ3) is 5.07. The SMILES string of the molecule is CCN(CC)c1ccc(NC(=O)c2ccc(NCc3cccnc3)nc2)cc1. The van der Waals surface area contributed by atoms with E-state index in [0.29, 0.717) is 17.9 Å². The fourth-order valence-corrected chi connectivity index (χ4v) is 2.88. The maximum absolute atomic E-state index is 12.4. The van der Waals surface area contributed by atoms with Gasteiger partial charge < -0.3 is 15.5 Å². The average Bonchev–Trinajstić information content (AvgIpc) is 2.75. The van der Waals surface area contributed by atoms with Crippen LogP contribution >= 0.6 is 0 Å². The summed E-state index contributed by atoms with van der Waals surface area (Å²) in [6.45, 7) is 6.79. The van der Waals surface area contributed by atoms with Crippen molar-refractivity contribution in [1.82, 2.24) is 9.97 Å². The van der Waals surface area contributed by atoms with Crippen molar-refractivity contribution in [2.45, 2.75) is 20.4 Å². The highest BCUT2D eigenvalue weighted by Crippen LogP contribution is 2.18. The molecule has 28 heavy (non-hydrogen) atoms. The van der Waals surface area contributed by atoms with Gasteiger partial charge in [-0.25, -0.2) is 4.98 Å². The molecule has 3 aromatic rings. The topological polar surface area (TPSA) is 70.2 Å². The molecule has 0 aliphatic heterocycles. The number of carbonyl (C=O) groups is 1. The van der Waals surface area contributed by atoms with Crippen LogP contribution in [0.1, 0.15) is 29.8 Å². The molecule has 0 bridgehead atoms.